The van der Waals surface area contributed by atoms with Gasteiger partial charge < -0.3 is 14.6 Å². The van der Waals surface area contributed by atoms with Gasteiger partial charge in [-0.3, -0.25) is 4.90 Å². The zero-order valence-corrected chi connectivity index (χ0v) is 18.1. The molecule has 0 atom stereocenters. The van der Waals surface area contributed by atoms with E-state index in [1.165, 1.54) is 17.7 Å². The van der Waals surface area contributed by atoms with Crippen LogP contribution < -0.4 is 9.64 Å². The summed E-state index contributed by atoms with van der Waals surface area (Å²) in [7, 11) is 1.69. The molecule has 0 amide bonds. The predicted octanol–water partition coefficient (Wildman–Crippen LogP) is 4.14. The number of aromatic amines is 1. The molecule has 0 saturated carbocycles. The van der Waals surface area contributed by atoms with Crippen LogP contribution >= 0.6 is 0 Å². The number of rotatable bonds is 6. The quantitative estimate of drug-likeness (QED) is 0.497. The van der Waals surface area contributed by atoms with Crippen molar-refractivity contribution in [1.29, 1.82) is 0 Å². The molecule has 0 spiro atoms. The van der Waals surface area contributed by atoms with Crippen molar-refractivity contribution in [2.45, 2.75) is 6.42 Å². The molecule has 3 heterocycles. The minimum atomic E-state index is -0.241. The number of ether oxygens (including phenoxy) is 1. The Kier molecular flexibility index (Phi) is 5.73. The second-order valence-corrected chi connectivity index (χ2v) is 8.08. The Morgan fingerprint density at radius 2 is 1.72 bits per heavy atom. The highest BCUT2D eigenvalue weighted by molar-refractivity contribution is 5.91. The van der Waals surface area contributed by atoms with Crippen LogP contribution in [0.3, 0.4) is 0 Å². The van der Waals surface area contributed by atoms with Crippen molar-refractivity contribution >= 4 is 16.9 Å². The number of aromatic nitrogens is 3. The standard InChI is InChI=1S/C25H26FN5O/c1-32-21-8-2-18(3-9-21)10-11-30-12-14-31(15-13-30)25-22-16-23(29-24(22)27-17-28-25)19-4-6-20(26)7-5-19/h2-9,16-17H,10-15H2,1H3,(H,27,28,29). The SMILES string of the molecule is COc1ccc(CCN2CCN(c3ncnc4[nH]c(-c5ccc(F)cc5)cc34)CC2)cc1. The van der Waals surface area contributed by atoms with E-state index in [-0.39, 0.29) is 5.82 Å². The molecule has 0 bridgehead atoms. The fourth-order valence-corrected chi connectivity index (χ4v) is 4.23. The molecule has 6 nitrogen and oxygen atoms in total. The number of piperazine rings is 1. The summed E-state index contributed by atoms with van der Waals surface area (Å²) in [5.74, 6) is 1.61. The van der Waals surface area contributed by atoms with Gasteiger partial charge in [0.1, 0.15) is 29.4 Å². The molecule has 7 heteroatoms. The topological polar surface area (TPSA) is 57.3 Å². The van der Waals surface area contributed by atoms with Gasteiger partial charge in [0.15, 0.2) is 0 Å². The number of hydrogen-bond donors (Lipinski definition) is 1. The van der Waals surface area contributed by atoms with Crippen LogP contribution in [0.2, 0.25) is 0 Å². The number of nitrogens with one attached hydrogen (secondary N) is 1. The molecule has 2 aromatic heterocycles. The van der Waals surface area contributed by atoms with E-state index in [4.69, 9.17) is 4.74 Å². The van der Waals surface area contributed by atoms with Gasteiger partial charge in [0.05, 0.1) is 12.5 Å². The number of methoxy groups -OCH3 is 1. The lowest BCUT2D eigenvalue weighted by molar-refractivity contribution is 0.260. The average molecular weight is 432 g/mol. The summed E-state index contributed by atoms with van der Waals surface area (Å²) in [5, 5.41) is 0.999. The molecule has 0 aliphatic carbocycles. The van der Waals surface area contributed by atoms with Crippen molar-refractivity contribution < 1.29 is 9.13 Å². The molecule has 2 aromatic carbocycles. The van der Waals surface area contributed by atoms with E-state index in [2.05, 4.69) is 43.0 Å². The van der Waals surface area contributed by atoms with Crippen LogP contribution in [-0.4, -0.2) is 59.7 Å². The third kappa shape index (κ3) is 4.29. The number of benzene rings is 2. The van der Waals surface area contributed by atoms with Gasteiger partial charge in [0, 0.05) is 38.4 Å². The minimum absolute atomic E-state index is 0.241. The van der Waals surface area contributed by atoms with Crippen LogP contribution in [-0.2, 0) is 6.42 Å². The van der Waals surface area contributed by atoms with Crippen LogP contribution in [0.4, 0.5) is 10.2 Å². The Morgan fingerprint density at radius 1 is 0.969 bits per heavy atom. The van der Waals surface area contributed by atoms with E-state index in [0.29, 0.717) is 0 Å². The maximum atomic E-state index is 13.3. The number of fused-ring (bicyclic) bond motifs is 1. The first-order chi connectivity index (χ1) is 15.7. The molecule has 1 fully saturated rings. The first kappa shape index (κ1) is 20.5. The predicted molar refractivity (Wildman–Crippen MR) is 125 cm³/mol. The van der Waals surface area contributed by atoms with Gasteiger partial charge in [-0.25, -0.2) is 14.4 Å². The maximum absolute atomic E-state index is 13.3. The molecule has 164 valence electrons. The van der Waals surface area contributed by atoms with Crippen LogP contribution in [0.5, 0.6) is 5.75 Å². The normalized spacial score (nSPS) is 14.8. The fourth-order valence-electron chi connectivity index (χ4n) is 4.23. The fraction of sp³-hybridized carbons (Fsp3) is 0.280. The minimum Gasteiger partial charge on any atom is -0.497 e. The Morgan fingerprint density at radius 3 is 2.44 bits per heavy atom. The second kappa shape index (κ2) is 8.96. The molecule has 1 N–H and O–H groups in total. The third-order valence-electron chi connectivity index (χ3n) is 6.11. The summed E-state index contributed by atoms with van der Waals surface area (Å²) in [6.07, 6.45) is 2.64. The summed E-state index contributed by atoms with van der Waals surface area (Å²) in [5.41, 5.74) is 3.97. The van der Waals surface area contributed by atoms with E-state index in [9.17, 15) is 4.39 Å². The largest absolute Gasteiger partial charge is 0.497 e. The molecule has 5 rings (SSSR count). The van der Waals surface area contributed by atoms with Gasteiger partial charge in [0.25, 0.3) is 0 Å². The molecule has 1 aliphatic heterocycles. The average Bonchev–Trinajstić information content (AvgIpc) is 3.28. The van der Waals surface area contributed by atoms with Gasteiger partial charge in [-0.15, -0.1) is 0 Å². The monoisotopic (exact) mass is 431 g/mol. The second-order valence-electron chi connectivity index (χ2n) is 8.08. The maximum Gasteiger partial charge on any atom is 0.143 e. The molecule has 0 radical (unpaired) electrons. The lowest BCUT2D eigenvalue weighted by Gasteiger charge is -2.35. The van der Waals surface area contributed by atoms with Crippen LogP contribution in [0, 0.1) is 5.82 Å². The first-order valence-electron chi connectivity index (χ1n) is 10.9. The highest BCUT2D eigenvalue weighted by atomic mass is 19.1. The smallest absolute Gasteiger partial charge is 0.143 e. The highest BCUT2D eigenvalue weighted by Crippen LogP contribution is 2.29. The lowest BCUT2D eigenvalue weighted by Crippen LogP contribution is -2.47. The van der Waals surface area contributed by atoms with E-state index >= 15 is 0 Å². The van der Waals surface area contributed by atoms with Gasteiger partial charge in [-0.1, -0.05) is 12.1 Å². The van der Waals surface area contributed by atoms with Crippen molar-refractivity contribution in [1.82, 2.24) is 19.9 Å². The number of anilines is 1. The van der Waals surface area contributed by atoms with E-state index in [1.54, 1.807) is 25.6 Å². The van der Waals surface area contributed by atoms with Crippen molar-refractivity contribution in [3.05, 3.63) is 72.3 Å². The number of halogens is 1. The first-order valence-corrected chi connectivity index (χ1v) is 10.9. The summed E-state index contributed by atoms with van der Waals surface area (Å²) >= 11 is 0. The molecule has 0 unspecified atom stereocenters. The molecular weight excluding hydrogens is 405 g/mol. The summed E-state index contributed by atoms with van der Waals surface area (Å²) < 4.78 is 18.5. The molecule has 32 heavy (non-hydrogen) atoms. The highest BCUT2D eigenvalue weighted by Gasteiger charge is 2.21. The summed E-state index contributed by atoms with van der Waals surface area (Å²) in [6, 6.07) is 16.9. The van der Waals surface area contributed by atoms with E-state index < -0.39 is 0 Å². The molecule has 4 aromatic rings. The number of H-pyrrole nitrogens is 1. The van der Waals surface area contributed by atoms with Crippen LogP contribution in [0.15, 0.2) is 60.9 Å². The molecular formula is C25H26FN5O. The van der Waals surface area contributed by atoms with Crippen LogP contribution in [0.25, 0.3) is 22.3 Å². The van der Waals surface area contributed by atoms with Crippen LogP contribution in [0.1, 0.15) is 5.56 Å². The van der Waals surface area contributed by atoms with E-state index in [1.807, 2.05) is 12.1 Å². The molecule has 1 saturated heterocycles. The Balaban J connectivity index is 1.25. The van der Waals surface area contributed by atoms with Gasteiger partial charge in [-0.2, -0.15) is 0 Å². The Labute approximate surface area is 186 Å². The zero-order chi connectivity index (χ0) is 21.9. The zero-order valence-electron chi connectivity index (χ0n) is 18.1. The molecule has 1 aliphatic rings. The lowest BCUT2D eigenvalue weighted by atomic mass is 10.1. The van der Waals surface area contributed by atoms with Gasteiger partial charge in [-0.05, 0) is 60.0 Å². The van der Waals surface area contributed by atoms with Crippen molar-refractivity contribution in [2.75, 3.05) is 44.7 Å². The Bertz CT molecular complexity index is 1180. The van der Waals surface area contributed by atoms with E-state index in [0.717, 1.165) is 73.0 Å². The third-order valence-corrected chi connectivity index (χ3v) is 6.11. The van der Waals surface area contributed by atoms with Gasteiger partial charge >= 0.3 is 0 Å². The Hall–Kier alpha value is -3.45. The summed E-state index contributed by atoms with van der Waals surface area (Å²) in [6.45, 7) is 4.88. The van der Waals surface area contributed by atoms with Crippen molar-refractivity contribution in [2.24, 2.45) is 0 Å². The van der Waals surface area contributed by atoms with Gasteiger partial charge in [0.2, 0.25) is 0 Å². The number of hydrogen-bond acceptors (Lipinski definition) is 5. The summed E-state index contributed by atoms with van der Waals surface area (Å²) in [4.78, 5) is 17.2. The van der Waals surface area contributed by atoms with Crippen molar-refractivity contribution in [3.63, 3.8) is 0 Å². The van der Waals surface area contributed by atoms with Crippen molar-refractivity contribution in [3.8, 4) is 17.0 Å². The number of nitrogens with zero attached hydrogens (tertiary/aromatic N) is 4.